The average molecular weight is 370 g/mol. The number of nitrogens with zero attached hydrogens (tertiary/aromatic N) is 1. The van der Waals surface area contributed by atoms with E-state index >= 15 is 0 Å². The number of benzene rings is 2. The largest absolute Gasteiger partial charge is 0.370 e. The van der Waals surface area contributed by atoms with Crippen LogP contribution in [-0.2, 0) is 0 Å². The molecule has 0 aromatic heterocycles. The first kappa shape index (κ1) is 16.4. The van der Waals surface area contributed by atoms with Gasteiger partial charge in [-0.3, -0.25) is 4.79 Å². The first-order valence-electron chi connectivity index (χ1n) is 7.35. The molecular formula is C17H15Cl3N2O. The third-order valence-electron chi connectivity index (χ3n) is 3.84. The van der Waals surface area contributed by atoms with E-state index in [9.17, 15) is 4.79 Å². The number of rotatable bonds is 3. The molecule has 1 aliphatic heterocycles. The summed E-state index contributed by atoms with van der Waals surface area (Å²) < 4.78 is 0. The molecule has 1 heterocycles. The van der Waals surface area contributed by atoms with Crippen LogP contribution < -0.4 is 10.2 Å². The highest BCUT2D eigenvalue weighted by Gasteiger charge is 2.18. The Morgan fingerprint density at radius 1 is 0.957 bits per heavy atom. The molecular weight excluding hydrogens is 355 g/mol. The molecule has 1 fully saturated rings. The summed E-state index contributed by atoms with van der Waals surface area (Å²) in [5, 5.41) is 4.28. The molecule has 0 spiro atoms. The lowest BCUT2D eigenvalue weighted by Crippen LogP contribution is -2.21. The third kappa shape index (κ3) is 3.74. The number of hydrogen-bond acceptors (Lipinski definition) is 2. The Morgan fingerprint density at radius 3 is 2.39 bits per heavy atom. The van der Waals surface area contributed by atoms with Crippen molar-refractivity contribution in [2.45, 2.75) is 12.8 Å². The van der Waals surface area contributed by atoms with Gasteiger partial charge in [-0.25, -0.2) is 0 Å². The Morgan fingerprint density at radius 2 is 1.70 bits per heavy atom. The van der Waals surface area contributed by atoms with Crippen molar-refractivity contribution in [3.63, 3.8) is 0 Å². The molecule has 0 radical (unpaired) electrons. The van der Waals surface area contributed by atoms with Crippen molar-refractivity contribution in [2.24, 2.45) is 0 Å². The van der Waals surface area contributed by atoms with E-state index in [1.165, 1.54) is 0 Å². The van der Waals surface area contributed by atoms with Crippen molar-refractivity contribution in [1.29, 1.82) is 0 Å². The van der Waals surface area contributed by atoms with Gasteiger partial charge in [0, 0.05) is 23.7 Å². The Hall–Kier alpha value is -1.42. The van der Waals surface area contributed by atoms with E-state index in [0.29, 0.717) is 26.3 Å². The molecule has 1 aliphatic rings. The number of nitrogens with one attached hydrogen (secondary N) is 1. The summed E-state index contributed by atoms with van der Waals surface area (Å²) >= 11 is 18.0. The van der Waals surface area contributed by atoms with Gasteiger partial charge in [-0.05, 0) is 49.2 Å². The number of amides is 1. The standard InChI is InChI=1S/C17H15Cl3N2O/c18-12-4-6-16(22-7-1-2-8-22)15(10-12)21-17(23)11-3-5-13(19)14(20)9-11/h3-6,9-10H,1-2,7-8H2,(H,21,23). The van der Waals surface area contributed by atoms with Crippen molar-refractivity contribution < 1.29 is 4.79 Å². The maximum Gasteiger partial charge on any atom is 0.255 e. The van der Waals surface area contributed by atoms with Crippen molar-refractivity contribution in [1.82, 2.24) is 0 Å². The maximum atomic E-state index is 12.5. The summed E-state index contributed by atoms with van der Waals surface area (Å²) in [5.41, 5.74) is 2.14. The van der Waals surface area contributed by atoms with Gasteiger partial charge < -0.3 is 10.2 Å². The number of halogens is 3. The van der Waals surface area contributed by atoms with Crippen LogP contribution in [0.4, 0.5) is 11.4 Å². The molecule has 0 bridgehead atoms. The lowest BCUT2D eigenvalue weighted by atomic mass is 10.2. The summed E-state index contributed by atoms with van der Waals surface area (Å²) in [6, 6.07) is 10.4. The topological polar surface area (TPSA) is 32.3 Å². The van der Waals surface area contributed by atoms with Crippen LogP contribution in [0, 0.1) is 0 Å². The third-order valence-corrected chi connectivity index (χ3v) is 4.81. The first-order valence-corrected chi connectivity index (χ1v) is 8.49. The van der Waals surface area contributed by atoms with E-state index in [0.717, 1.165) is 31.6 Å². The normalized spacial score (nSPS) is 14.1. The van der Waals surface area contributed by atoms with Crippen LogP contribution in [0.2, 0.25) is 15.1 Å². The van der Waals surface area contributed by atoms with Crippen LogP contribution in [0.15, 0.2) is 36.4 Å². The lowest BCUT2D eigenvalue weighted by molar-refractivity contribution is 0.102. The fraction of sp³-hybridized carbons (Fsp3) is 0.235. The van der Waals surface area contributed by atoms with E-state index in [1.807, 2.05) is 12.1 Å². The van der Waals surface area contributed by atoms with Gasteiger partial charge in [0.15, 0.2) is 0 Å². The second kappa shape index (κ2) is 7.00. The van der Waals surface area contributed by atoms with Gasteiger partial charge in [0.25, 0.3) is 5.91 Å². The Kier molecular flexibility index (Phi) is 5.00. The maximum absolute atomic E-state index is 12.5. The fourth-order valence-corrected chi connectivity index (χ4v) is 3.14. The molecule has 0 unspecified atom stereocenters. The Balaban J connectivity index is 1.87. The summed E-state index contributed by atoms with van der Waals surface area (Å²) in [6.45, 7) is 1.97. The smallest absolute Gasteiger partial charge is 0.255 e. The number of carbonyl (C=O) groups is 1. The molecule has 3 nitrogen and oxygen atoms in total. The SMILES string of the molecule is O=C(Nc1cc(Cl)ccc1N1CCCC1)c1ccc(Cl)c(Cl)c1. The minimum Gasteiger partial charge on any atom is -0.370 e. The van der Waals surface area contributed by atoms with Gasteiger partial charge in [-0.2, -0.15) is 0 Å². The van der Waals surface area contributed by atoms with Crippen LogP contribution in [-0.4, -0.2) is 19.0 Å². The Labute approximate surface area is 150 Å². The van der Waals surface area contributed by atoms with E-state index in [1.54, 1.807) is 24.3 Å². The highest BCUT2D eigenvalue weighted by molar-refractivity contribution is 6.42. The highest BCUT2D eigenvalue weighted by atomic mass is 35.5. The zero-order valence-electron chi connectivity index (χ0n) is 12.3. The van der Waals surface area contributed by atoms with E-state index in [-0.39, 0.29) is 5.91 Å². The fourth-order valence-electron chi connectivity index (χ4n) is 2.67. The predicted molar refractivity (Wildman–Crippen MR) is 97.3 cm³/mol. The molecule has 1 saturated heterocycles. The summed E-state index contributed by atoms with van der Waals surface area (Å²) in [5.74, 6) is -0.244. The van der Waals surface area contributed by atoms with Crippen molar-refractivity contribution in [3.05, 3.63) is 57.0 Å². The van der Waals surface area contributed by atoms with Gasteiger partial charge >= 0.3 is 0 Å². The molecule has 3 rings (SSSR count). The number of anilines is 2. The summed E-state index contributed by atoms with van der Waals surface area (Å²) in [7, 11) is 0. The second-order valence-electron chi connectivity index (χ2n) is 5.44. The molecule has 0 atom stereocenters. The molecule has 23 heavy (non-hydrogen) atoms. The average Bonchev–Trinajstić information content (AvgIpc) is 3.04. The highest BCUT2D eigenvalue weighted by Crippen LogP contribution is 2.32. The van der Waals surface area contributed by atoms with E-state index < -0.39 is 0 Å². The van der Waals surface area contributed by atoms with Gasteiger partial charge in [0.2, 0.25) is 0 Å². The molecule has 2 aromatic carbocycles. The molecule has 120 valence electrons. The van der Waals surface area contributed by atoms with Crippen LogP contribution in [0.1, 0.15) is 23.2 Å². The van der Waals surface area contributed by atoms with Gasteiger partial charge in [-0.15, -0.1) is 0 Å². The monoisotopic (exact) mass is 368 g/mol. The molecule has 0 saturated carbocycles. The molecule has 0 aliphatic carbocycles. The zero-order valence-corrected chi connectivity index (χ0v) is 14.5. The van der Waals surface area contributed by atoms with E-state index in [4.69, 9.17) is 34.8 Å². The van der Waals surface area contributed by atoms with Crippen LogP contribution in [0.3, 0.4) is 0 Å². The first-order chi connectivity index (χ1) is 11.0. The lowest BCUT2D eigenvalue weighted by Gasteiger charge is -2.22. The molecule has 1 N–H and O–H groups in total. The number of carbonyl (C=O) groups excluding carboxylic acids is 1. The van der Waals surface area contributed by atoms with Gasteiger partial charge in [0.05, 0.1) is 21.4 Å². The number of hydrogen-bond donors (Lipinski definition) is 1. The van der Waals surface area contributed by atoms with Crippen LogP contribution in [0.25, 0.3) is 0 Å². The zero-order chi connectivity index (χ0) is 16.4. The van der Waals surface area contributed by atoms with Crippen molar-refractivity contribution >= 4 is 52.1 Å². The van der Waals surface area contributed by atoms with Gasteiger partial charge in [-0.1, -0.05) is 34.8 Å². The molecule has 6 heteroatoms. The predicted octanol–water partition coefficient (Wildman–Crippen LogP) is 5.50. The minimum atomic E-state index is -0.244. The van der Waals surface area contributed by atoms with E-state index in [2.05, 4.69) is 10.2 Å². The van der Waals surface area contributed by atoms with Crippen LogP contribution in [0.5, 0.6) is 0 Å². The molecule has 1 amide bonds. The second-order valence-corrected chi connectivity index (χ2v) is 6.69. The Bertz CT molecular complexity index is 743. The van der Waals surface area contributed by atoms with Crippen molar-refractivity contribution in [2.75, 3.05) is 23.3 Å². The van der Waals surface area contributed by atoms with Crippen molar-refractivity contribution in [3.8, 4) is 0 Å². The summed E-state index contributed by atoms with van der Waals surface area (Å²) in [6.07, 6.45) is 2.31. The van der Waals surface area contributed by atoms with Gasteiger partial charge in [0.1, 0.15) is 0 Å². The quantitative estimate of drug-likeness (QED) is 0.775. The summed E-state index contributed by atoms with van der Waals surface area (Å²) in [4.78, 5) is 14.7. The minimum absolute atomic E-state index is 0.244. The van der Waals surface area contributed by atoms with Crippen LogP contribution >= 0.6 is 34.8 Å². The molecule has 2 aromatic rings.